The summed E-state index contributed by atoms with van der Waals surface area (Å²) in [7, 11) is 1.56. The summed E-state index contributed by atoms with van der Waals surface area (Å²) >= 11 is 3.65. The number of piperidine rings is 1. The van der Waals surface area contributed by atoms with E-state index >= 15 is 0 Å². The Balaban J connectivity index is 1.75. The first-order chi connectivity index (χ1) is 14.0. The normalized spacial score (nSPS) is 22.4. The molecule has 1 aromatic rings. The summed E-state index contributed by atoms with van der Waals surface area (Å²) < 4.78 is 55.5. The van der Waals surface area contributed by atoms with Crippen molar-refractivity contribution in [1.82, 2.24) is 4.90 Å². The van der Waals surface area contributed by atoms with E-state index in [0.717, 1.165) is 42.4 Å². The number of methoxy groups -OCH3 is 1. The molecular weight excluding hydrogens is 463 g/mol. The zero-order chi connectivity index (χ0) is 22.1. The SMILES string of the molecule is COc1cc2c(c(Br)c1OCCCC(F)(F)F)CCN1CC(OC(C)(C)C)CCC21. The molecule has 1 saturated heterocycles. The van der Waals surface area contributed by atoms with Gasteiger partial charge in [-0.05, 0) is 79.6 Å². The molecule has 1 aromatic carbocycles. The fourth-order valence-corrected chi connectivity index (χ4v) is 5.14. The van der Waals surface area contributed by atoms with Crippen molar-refractivity contribution in [2.24, 2.45) is 0 Å². The second kappa shape index (κ2) is 9.25. The molecule has 0 amide bonds. The summed E-state index contributed by atoms with van der Waals surface area (Å²) in [6.07, 6.45) is -2.04. The molecule has 0 bridgehead atoms. The van der Waals surface area contributed by atoms with Crippen molar-refractivity contribution in [3.8, 4) is 11.5 Å². The lowest BCUT2D eigenvalue weighted by molar-refractivity contribution is -0.136. The highest BCUT2D eigenvalue weighted by Gasteiger charge is 2.37. The summed E-state index contributed by atoms with van der Waals surface area (Å²) in [6, 6.07) is 2.29. The molecule has 2 aliphatic heterocycles. The lowest BCUT2D eigenvalue weighted by atomic mass is 9.85. The van der Waals surface area contributed by atoms with Crippen LogP contribution in [0.15, 0.2) is 10.5 Å². The van der Waals surface area contributed by atoms with Crippen molar-refractivity contribution >= 4 is 15.9 Å². The average molecular weight is 494 g/mol. The summed E-state index contributed by atoms with van der Waals surface area (Å²) in [4.78, 5) is 2.47. The van der Waals surface area contributed by atoms with E-state index in [4.69, 9.17) is 14.2 Å². The van der Waals surface area contributed by atoms with Crippen LogP contribution in [0.4, 0.5) is 13.2 Å². The van der Waals surface area contributed by atoms with Crippen LogP contribution in [0.5, 0.6) is 11.5 Å². The van der Waals surface area contributed by atoms with Crippen molar-refractivity contribution in [3.63, 3.8) is 0 Å². The monoisotopic (exact) mass is 493 g/mol. The first-order valence-corrected chi connectivity index (χ1v) is 11.3. The van der Waals surface area contributed by atoms with Crippen molar-refractivity contribution < 1.29 is 27.4 Å². The molecule has 0 spiro atoms. The molecule has 0 aliphatic carbocycles. The van der Waals surface area contributed by atoms with Crippen molar-refractivity contribution in [2.75, 3.05) is 26.8 Å². The van der Waals surface area contributed by atoms with Crippen LogP contribution in [0.1, 0.15) is 63.6 Å². The predicted molar refractivity (Wildman–Crippen MR) is 113 cm³/mol. The van der Waals surface area contributed by atoms with Crippen LogP contribution in [0, 0.1) is 0 Å². The van der Waals surface area contributed by atoms with Gasteiger partial charge >= 0.3 is 6.18 Å². The first-order valence-electron chi connectivity index (χ1n) is 10.5. The smallest absolute Gasteiger partial charge is 0.389 e. The van der Waals surface area contributed by atoms with Gasteiger partial charge in [0.15, 0.2) is 11.5 Å². The third-order valence-electron chi connectivity index (χ3n) is 5.56. The van der Waals surface area contributed by atoms with Gasteiger partial charge in [-0.2, -0.15) is 13.2 Å². The van der Waals surface area contributed by atoms with Crippen LogP contribution >= 0.6 is 15.9 Å². The average Bonchev–Trinajstić information content (AvgIpc) is 2.63. The van der Waals surface area contributed by atoms with Gasteiger partial charge in [-0.25, -0.2) is 0 Å². The molecule has 2 aliphatic rings. The maximum absolute atomic E-state index is 12.4. The van der Waals surface area contributed by atoms with E-state index in [-0.39, 0.29) is 30.8 Å². The standard InChI is InChI=1S/C22H31BrF3NO3/c1-21(2,3)30-14-6-7-17-16-12-18(28-4)20(29-11-5-9-22(24,25)26)19(23)15(16)8-10-27(17)13-14/h12,14,17H,5-11,13H2,1-4H3. The van der Waals surface area contributed by atoms with Gasteiger partial charge in [0, 0.05) is 25.6 Å². The number of ether oxygens (including phenoxy) is 3. The molecule has 2 atom stereocenters. The number of alkyl halides is 3. The Morgan fingerprint density at radius 1 is 1.20 bits per heavy atom. The number of hydrogen-bond acceptors (Lipinski definition) is 4. The fraction of sp³-hybridized carbons (Fsp3) is 0.727. The topological polar surface area (TPSA) is 30.9 Å². The highest BCUT2D eigenvalue weighted by atomic mass is 79.9. The molecule has 0 saturated carbocycles. The highest BCUT2D eigenvalue weighted by molar-refractivity contribution is 9.10. The van der Waals surface area contributed by atoms with Gasteiger partial charge in [-0.15, -0.1) is 0 Å². The number of nitrogens with zero attached hydrogens (tertiary/aromatic N) is 1. The summed E-state index contributed by atoms with van der Waals surface area (Å²) in [6.45, 7) is 8.07. The molecule has 0 radical (unpaired) electrons. The third kappa shape index (κ3) is 5.82. The maximum Gasteiger partial charge on any atom is 0.389 e. The second-order valence-corrected chi connectivity index (χ2v) is 9.84. The van der Waals surface area contributed by atoms with E-state index in [1.165, 1.54) is 5.56 Å². The van der Waals surface area contributed by atoms with Gasteiger partial charge < -0.3 is 14.2 Å². The lowest BCUT2D eigenvalue weighted by Gasteiger charge is -2.45. The molecule has 4 nitrogen and oxygen atoms in total. The van der Waals surface area contributed by atoms with Gasteiger partial charge in [-0.1, -0.05) is 0 Å². The lowest BCUT2D eigenvalue weighted by Crippen LogP contribution is -2.47. The number of halogens is 4. The van der Waals surface area contributed by atoms with E-state index in [1.807, 2.05) is 6.07 Å². The minimum Gasteiger partial charge on any atom is -0.493 e. The number of benzene rings is 1. The summed E-state index contributed by atoms with van der Waals surface area (Å²) in [5.41, 5.74) is 2.22. The number of fused-ring (bicyclic) bond motifs is 3. The second-order valence-electron chi connectivity index (χ2n) is 9.05. The summed E-state index contributed by atoms with van der Waals surface area (Å²) in [5.74, 6) is 1.05. The van der Waals surface area contributed by atoms with Crippen LogP contribution in [0.2, 0.25) is 0 Å². The van der Waals surface area contributed by atoms with Crippen LogP contribution in [-0.4, -0.2) is 49.6 Å². The number of hydrogen-bond donors (Lipinski definition) is 0. The van der Waals surface area contributed by atoms with Crippen molar-refractivity contribution in [1.29, 1.82) is 0 Å². The van der Waals surface area contributed by atoms with Gasteiger partial charge in [0.25, 0.3) is 0 Å². The third-order valence-corrected chi connectivity index (χ3v) is 6.40. The molecule has 3 rings (SSSR count). The molecule has 30 heavy (non-hydrogen) atoms. The molecule has 8 heteroatoms. The van der Waals surface area contributed by atoms with Crippen molar-refractivity contribution in [2.45, 2.75) is 76.8 Å². The Hall–Kier alpha value is -0.990. The van der Waals surface area contributed by atoms with Crippen LogP contribution in [0.3, 0.4) is 0 Å². The van der Waals surface area contributed by atoms with Gasteiger partial charge in [0.05, 0.1) is 29.9 Å². The van der Waals surface area contributed by atoms with E-state index in [9.17, 15) is 13.2 Å². The van der Waals surface area contributed by atoms with E-state index < -0.39 is 12.6 Å². The quantitative estimate of drug-likeness (QED) is 0.451. The molecule has 0 N–H and O–H groups in total. The van der Waals surface area contributed by atoms with Crippen LogP contribution < -0.4 is 9.47 Å². The fourth-order valence-electron chi connectivity index (χ4n) is 4.41. The van der Waals surface area contributed by atoms with E-state index in [1.54, 1.807) is 7.11 Å². The van der Waals surface area contributed by atoms with Crippen LogP contribution in [-0.2, 0) is 11.2 Å². The minimum atomic E-state index is -4.17. The number of rotatable bonds is 6. The molecular formula is C22H31BrF3NO3. The molecule has 1 fully saturated rings. The van der Waals surface area contributed by atoms with Gasteiger partial charge in [0.1, 0.15) is 0 Å². The molecule has 2 heterocycles. The highest BCUT2D eigenvalue weighted by Crippen LogP contribution is 2.47. The zero-order valence-corrected chi connectivity index (χ0v) is 19.7. The Kier molecular flexibility index (Phi) is 7.30. The van der Waals surface area contributed by atoms with Gasteiger partial charge in [-0.3, -0.25) is 4.90 Å². The Bertz CT molecular complexity index is 749. The van der Waals surface area contributed by atoms with Gasteiger partial charge in [0.2, 0.25) is 0 Å². The molecule has 2 unspecified atom stereocenters. The van der Waals surface area contributed by atoms with E-state index in [2.05, 4.69) is 41.6 Å². The van der Waals surface area contributed by atoms with Crippen LogP contribution in [0.25, 0.3) is 0 Å². The Morgan fingerprint density at radius 2 is 1.93 bits per heavy atom. The zero-order valence-electron chi connectivity index (χ0n) is 18.1. The van der Waals surface area contributed by atoms with Crippen molar-refractivity contribution in [3.05, 3.63) is 21.7 Å². The molecule has 170 valence electrons. The largest absolute Gasteiger partial charge is 0.493 e. The first kappa shape index (κ1) is 23.7. The summed E-state index contributed by atoms with van der Waals surface area (Å²) in [5, 5.41) is 0. The maximum atomic E-state index is 12.4. The Morgan fingerprint density at radius 3 is 2.57 bits per heavy atom. The Labute approximate surface area is 185 Å². The predicted octanol–water partition coefficient (Wildman–Crippen LogP) is 6.06. The minimum absolute atomic E-state index is 0.00533. The molecule has 0 aromatic heterocycles. The van der Waals surface area contributed by atoms with E-state index in [0.29, 0.717) is 11.5 Å².